The van der Waals surface area contributed by atoms with Crippen LogP contribution in [-0.4, -0.2) is 58.9 Å². The highest BCUT2D eigenvalue weighted by molar-refractivity contribution is 5.93. The van der Waals surface area contributed by atoms with Gasteiger partial charge in [0.15, 0.2) is 0 Å². The van der Waals surface area contributed by atoms with Gasteiger partial charge in [-0.25, -0.2) is 0 Å². The van der Waals surface area contributed by atoms with E-state index in [-0.39, 0.29) is 11.9 Å². The molecule has 0 unspecified atom stereocenters. The predicted octanol–water partition coefficient (Wildman–Crippen LogP) is 2.87. The molecule has 1 aliphatic rings. The maximum Gasteiger partial charge on any atom is 0.272 e. The lowest BCUT2D eigenvalue weighted by molar-refractivity contribution is -0.00208. The molecule has 7 heteroatoms. The Labute approximate surface area is 169 Å². The lowest BCUT2D eigenvalue weighted by Gasteiger charge is -2.35. The summed E-state index contributed by atoms with van der Waals surface area (Å²) >= 11 is 0. The van der Waals surface area contributed by atoms with Crippen molar-refractivity contribution in [1.82, 2.24) is 20.1 Å². The minimum atomic E-state index is -0.0837. The fourth-order valence-electron chi connectivity index (χ4n) is 3.61. The first kappa shape index (κ1) is 19.1. The second kappa shape index (κ2) is 8.45. The molecule has 1 amide bonds. The fraction of sp³-hybridized carbons (Fsp3) is 0.318. The number of hydrogen-bond acceptors (Lipinski definition) is 5. The van der Waals surface area contributed by atoms with Gasteiger partial charge in [-0.2, -0.15) is 5.10 Å². The number of nitrogens with one attached hydrogen (secondary N) is 1. The Morgan fingerprint density at radius 2 is 2.14 bits per heavy atom. The maximum absolute atomic E-state index is 13.2. The zero-order valence-corrected chi connectivity index (χ0v) is 16.6. The molecular weight excluding hydrogens is 368 g/mol. The number of morpholine rings is 1. The van der Waals surface area contributed by atoms with Crippen LogP contribution in [0.25, 0.3) is 11.4 Å². The van der Waals surface area contributed by atoms with Crippen molar-refractivity contribution in [3.05, 3.63) is 65.5 Å². The molecule has 0 bridgehead atoms. The number of ether oxygens (including phenoxy) is 2. The quantitative estimate of drug-likeness (QED) is 0.722. The van der Waals surface area contributed by atoms with Crippen molar-refractivity contribution in [3.63, 3.8) is 0 Å². The minimum Gasteiger partial charge on any atom is -0.496 e. The summed E-state index contributed by atoms with van der Waals surface area (Å²) in [6.07, 6.45) is 2.41. The van der Waals surface area contributed by atoms with Crippen LogP contribution in [0.2, 0.25) is 0 Å². The van der Waals surface area contributed by atoms with Crippen LogP contribution in [0, 0.1) is 6.92 Å². The average Bonchev–Trinajstić information content (AvgIpc) is 3.24. The van der Waals surface area contributed by atoms with Gasteiger partial charge in [0.25, 0.3) is 5.91 Å². The minimum absolute atomic E-state index is 0.0728. The number of carbonyl (C=O) groups is 1. The largest absolute Gasteiger partial charge is 0.496 e. The second-order valence-electron chi connectivity index (χ2n) is 7.13. The van der Waals surface area contributed by atoms with E-state index in [9.17, 15) is 4.79 Å². The van der Waals surface area contributed by atoms with Crippen molar-refractivity contribution in [2.45, 2.75) is 19.4 Å². The van der Waals surface area contributed by atoms with Gasteiger partial charge in [-0.05, 0) is 48.7 Å². The van der Waals surface area contributed by atoms with Crippen molar-refractivity contribution in [3.8, 4) is 17.1 Å². The Morgan fingerprint density at radius 1 is 1.28 bits per heavy atom. The summed E-state index contributed by atoms with van der Waals surface area (Å²) in [5, 5.41) is 7.17. The van der Waals surface area contributed by atoms with Crippen LogP contribution in [-0.2, 0) is 11.2 Å². The zero-order valence-electron chi connectivity index (χ0n) is 16.6. The number of rotatable bonds is 5. The standard InChI is InChI=1S/C22H24N4O3/c1-15-7-8-23-18(11-15)19-13-20(25-24-19)22(27)26-9-10-29-14-17(26)12-16-5-3-4-6-21(16)28-2/h3-8,11,13,17H,9-10,12,14H2,1-2H3,(H,24,25)/t17-/m1/s1. The number of methoxy groups -OCH3 is 1. The van der Waals surface area contributed by atoms with Crippen LogP contribution >= 0.6 is 0 Å². The lowest BCUT2D eigenvalue weighted by atomic mass is 10.0. The summed E-state index contributed by atoms with van der Waals surface area (Å²) in [5.41, 5.74) is 4.00. The van der Waals surface area contributed by atoms with Crippen molar-refractivity contribution >= 4 is 5.91 Å². The van der Waals surface area contributed by atoms with Crippen LogP contribution in [0.1, 0.15) is 21.6 Å². The van der Waals surface area contributed by atoms with Crippen molar-refractivity contribution < 1.29 is 14.3 Å². The third kappa shape index (κ3) is 4.14. The number of amides is 1. The van der Waals surface area contributed by atoms with Gasteiger partial charge in [-0.15, -0.1) is 0 Å². The van der Waals surface area contributed by atoms with E-state index in [2.05, 4.69) is 15.2 Å². The van der Waals surface area contributed by atoms with Gasteiger partial charge in [-0.1, -0.05) is 18.2 Å². The van der Waals surface area contributed by atoms with E-state index < -0.39 is 0 Å². The molecule has 7 nitrogen and oxygen atoms in total. The number of H-pyrrole nitrogens is 1. The summed E-state index contributed by atoms with van der Waals surface area (Å²) < 4.78 is 11.1. The number of nitrogens with zero attached hydrogens (tertiary/aromatic N) is 3. The third-order valence-corrected chi connectivity index (χ3v) is 5.12. The van der Waals surface area contributed by atoms with Crippen molar-refractivity contribution in [2.75, 3.05) is 26.9 Å². The Bertz CT molecular complexity index is 1000. The van der Waals surface area contributed by atoms with E-state index in [1.54, 1.807) is 19.4 Å². The fourth-order valence-corrected chi connectivity index (χ4v) is 3.61. The zero-order chi connectivity index (χ0) is 20.2. The number of benzene rings is 1. The van der Waals surface area contributed by atoms with Crippen molar-refractivity contribution in [1.29, 1.82) is 0 Å². The number of carbonyl (C=O) groups excluding carboxylic acids is 1. The number of pyridine rings is 1. The van der Waals surface area contributed by atoms with Gasteiger partial charge in [0.05, 0.1) is 32.1 Å². The van der Waals surface area contributed by atoms with Crippen LogP contribution in [0.3, 0.4) is 0 Å². The van der Waals surface area contributed by atoms with E-state index in [0.29, 0.717) is 37.6 Å². The number of para-hydroxylation sites is 1. The van der Waals surface area contributed by atoms with Crippen molar-refractivity contribution in [2.24, 2.45) is 0 Å². The van der Waals surface area contributed by atoms with Crippen LogP contribution in [0.5, 0.6) is 5.75 Å². The number of aromatic nitrogens is 3. The summed E-state index contributed by atoms with van der Waals surface area (Å²) in [7, 11) is 1.66. The maximum atomic E-state index is 13.2. The van der Waals surface area contributed by atoms with Gasteiger partial charge in [0.2, 0.25) is 0 Å². The smallest absolute Gasteiger partial charge is 0.272 e. The molecule has 1 fully saturated rings. The number of hydrogen-bond donors (Lipinski definition) is 1. The topological polar surface area (TPSA) is 80.3 Å². The van der Waals surface area contributed by atoms with E-state index in [1.165, 1.54) is 0 Å². The Balaban J connectivity index is 1.55. The van der Waals surface area contributed by atoms with Gasteiger partial charge >= 0.3 is 0 Å². The Kier molecular flexibility index (Phi) is 5.57. The molecule has 1 aromatic carbocycles. The van der Waals surface area contributed by atoms with E-state index in [0.717, 1.165) is 22.6 Å². The molecule has 0 radical (unpaired) electrons. The molecule has 0 saturated carbocycles. The molecule has 3 heterocycles. The molecule has 150 valence electrons. The highest BCUT2D eigenvalue weighted by Gasteiger charge is 2.30. The van der Waals surface area contributed by atoms with E-state index in [4.69, 9.17) is 9.47 Å². The molecule has 2 aromatic heterocycles. The number of aromatic amines is 1. The lowest BCUT2D eigenvalue weighted by Crippen LogP contribution is -2.49. The highest BCUT2D eigenvalue weighted by atomic mass is 16.5. The molecule has 0 spiro atoms. The summed E-state index contributed by atoms with van der Waals surface area (Å²) in [4.78, 5) is 19.4. The molecule has 1 N–H and O–H groups in total. The molecule has 0 aliphatic carbocycles. The molecular formula is C22H24N4O3. The van der Waals surface area contributed by atoms with E-state index in [1.807, 2.05) is 48.2 Å². The monoisotopic (exact) mass is 392 g/mol. The molecule has 1 atom stereocenters. The van der Waals surface area contributed by atoms with Gasteiger partial charge in [-0.3, -0.25) is 14.9 Å². The average molecular weight is 392 g/mol. The van der Waals surface area contributed by atoms with Gasteiger partial charge < -0.3 is 14.4 Å². The van der Waals surface area contributed by atoms with Crippen LogP contribution < -0.4 is 4.74 Å². The summed E-state index contributed by atoms with van der Waals surface area (Å²) in [6.45, 7) is 3.55. The SMILES string of the molecule is COc1ccccc1C[C@@H]1COCCN1C(=O)c1cc(-c2cc(C)ccn2)n[nH]1. The molecule has 1 saturated heterocycles. The summed E-state index contributed by atoms with van der Waals surface area (Å²) in [6, 6.07) is 13.4. The highest BCUT2D eigenvalue weighted by Crippen LogP contribution is 2.24. The molecule has 29 heavy (non-hydrogen) atoms. The second-order valence-corrected chi connectivity index (χ2v) is 7.13. The Hall–Kier alpha value is -3.19. The van der Waals surface area contributed by atoms with Crippen LogP contribution in [0.15, 0.2) is 48.7 Å². The van der Waals surface area contributed by atoms with E-state index >= 15 is 0 Å². The summed E-state index contributed by atoms with van der Waals surface area (Å²) in [5.74, 6) is 0.736. The van der Waals surface area contributed by atoms with Gasteiger partial charge in [0.1, 0.15) is 17.1 Å². The first-order valence-corrected chi connectivity index (χ1v) is 9.65. The normalized spacial score (nSPS) is 16.6. The van der Waals surface area contributed by atoms with Gasteiger partial charge in [0, 0.05) is 12.7 Å². The Morgan fingerprint density at radius 3 is 2.97 bits per heavy atom. The first-order valence-electron chi connectivity index (χ1n) is 9.65. The first-order chi connectivity index (χ1) is 14.2. The third-order valence-electron chi connectivity index (χ3n) is 5.12. The molecule has 4 rings (SSSR count). The van der Waals surface area contributed by atoms with Crippen LogP contribution in [0.4, 0.5) is 0 Å². The predicted molar refractivity (Wildman–Crippen MR) is 109 cm³/mol. The molecule has 3 aromatic rings. The number of aryl methyl sites for hydroxylation is 1. The molecule has 1 aliphatic heterocycles.